The summed E-state index contributed by atoms with van der Waals surface area (Å²) in [6.45, 7) is 4.99. The maximum absolute atomic E-state index is 10.2. The van der Waals surface area contributed by atoms with Crippen molar-refractivity contribution in [3.05, 3.63) is 24.2 Å². The average Bonchev–Trinajstić information content (AvgIpc) is 3.26. The number of pyridine rings is 1. The molecule has 0 amide bonds. The molecule has 0 radical (unpaired) electrons. The number of aliphatic hydroxyl groups excluding tert-OH is 1. The maximum atomic E-state index is 10.2. The third-order valence-corrected chi connectivity index (χ3v) is 5.89. The summed E-state index contributed by atoms with van der Waals surface area (Å²) in [7, 11) is 0. The Hall–Kier alpha value is -1.99. The molecule has 1 saturated carbocycles. The second-order valence-electron chi connectivity index (χ2n) is 7.94. The summed E-state index contributed by atoms with van der Waals surface area (Å²) < 4.78 is 5.97. The van der Waals surface area contributed by atoms with Crippen molar-refractivity contribution in [3.8, 4) is 11.5 Å². The quantitative estimate of drug-likeness (QED) is 0.774. The van der Waals surface area contributed by atoms with E-state index in [-0.39, 0.29) is 0 Å². The Kier molecular flexibility index (Phi) is 4.67. The molecule has 26 heavy (non-hydrogen) atoms. The van der Waals surface area contributed by atoms with Crippen molar-refractivity contribution < 1.29 is 9.52 Å². The first-order chi connectivity index (χ1) is 12.6. The number of anilines is 1. The molecule has 1 aliphatic carbocycles. The van der Waals surface area contributed by atoms with Crippen LogP contribution in [0.2, 0.25) is 0 Å². The summed E-state index contributed by atoms with van der Waals surface area (Å²) in [5, 5.41) is 25.3. The molecule has 3 heterocycles. The zero-order valence-electron chi connectivity index (χ0n) is 15.4. The molecule has 140 valence electrons. The van der Waals surface area contributed by atoms with Crippen molar-refractivity contribution >= 4 is 5.82 Å². The van der Waals surface area contributed by atoms with Gasteiger partial charge in [-0.05, 0) is 63.6 Å². The monoisotopic (exact) mass is 357 g/mol. The Morgan fingerprint density at radius 2 is 2.08 bits per heavy atom. The molecule has 4 rings (SSSR count). The Morgan fingerprint density at radius 1 is 1.27 bits per heavy atom. The van der Waals surface area contributed by atoms with Crippen molar-refractivity contribution in [2.24, 2.45) is 5.92 Å². The van der Waals surface area contributed by atoms with E-state index in [2.05, 4.69) is 32.7 Å². The maximum Gasteiger partial charge on any atom is 0.251 e. The summed E-state index contributed by atoms with van der Waals surface area (Å²) in [4.78, 5) is 4.51. The van der Waals surface area contributed by atoms with E-state index in [1.807, 2.05) is 19.1 Å². The molecule has 1 aliphatic heterocycles. The smallest absolute Gasteiger partial charge is 0.251 e. The van der Waals surface area contributed by atoms with E-state index in [0.717, 1.165) is 43.1 Å². The average molecular weight is 357 g/mol. The lowest BCUT2D eigenvalue weighted by Gasteiger charge is -2.27. The largest absolute Gasteiger partial charge is 0.420 e. The normalized spacial score (nSPS) is 31.9. The molecule has 7 heteroatoms. The van der Waals surface area contributed by atoms with Gasteiger partial charge in [0.15, 0.2) is 0 Å². The van der Waals surface area contributed by atoms with Crippen molar-refractivity contribution in [2.45, 2.75) is 63.6 Å². The first kappa shape index (κ1) is 17.4. The Morgan fingerprint density at radius 3 is 2.81 bits per heavy atom. The van der Waals surface area contributed by atoms with Gasteiger partial charge in [-0.25, -0.2) is 4.98 Å². The lowest BCUT2D eigenvalue weighted by molar-refractivity contribution is 0.0822. The molecule has 3 N–H and O–H groups in total. The number of aliphatic hydroxyl groups is 1. The number of nitrogens with one attached hydrogen (secondary N) is 2. The van der Waals surface area contributed by atoms with Gasteiger partial charge in [0, 0.05) is 12.2 Å². The summed E-state index contributed by atoms with van der Waals surface area (Å²) in [6, 6.07) is 4.26. The van der Waals surface area contributed by atoms with E-state index < -0.39 is 11.6 Å². The van der Waals surface area contributed by atoms with Gasteiger partial charge in [-0.15, -0.1) is 10.2 Å². The molecule has 2 aromatic heterocycles. The summed E-state index contributed by atoms with van der Waals surface area (Å²) in [5.41, 5.74) is 0.259. The molecule has 2 aliphatic rings. The van der Waals surface area contributed by atoms with Crippen LogP contribution < -0.4 is 10.6 Å². The van der Waals surface area contributed by atoms with Crippen LogP contribution in [0.15, 0.2) is 22.7 Å². The van der Waals surface area contributed by atoms with E-state index in [1.54, 1.807) is 6.20 Å². The molecule has 0 aromatic carbocycles. The number of hydrogen-bond donors (Lipinski definition) is 3. The predicted molar refractivity (Wildman–Crippen MR) is 98.6 cm³/mol. The van der Waals surface area contributed by atoms with Crippen LogP contribution in [0.25, 0.3) is 11.5 Å². The molecule has 0 spiro atoms. The molecule has 1 saturated heterocycles. The Labute approximate surface area is 153 Å². The van der Waals surface area contributed by atoms with Gasteiger partial charge < -0.3 is 14.8 Å². The first-order valence-corrected chi connectivity index (χ1v) is 9.53. The van der Waals surface area contributed by atoms with Crippen LogP contribution in [0.1, 0.15) is 51.8 Å². The van der Waals surface area contributed by atoms with Gasteiger partial charge in [-0.3, -0.25) is 5.32 Å². The summed E-state index contributed by atoms with van der Waals surface area (Å²) in [5.74, 6) is 2.51. The summed E-state index contributed by atoms with van der Waals surface area (Å²) >= 11 is 0. The highest BCUT2D eigenvalue weighted by atomic mass is 16.4. The van der Waals surface area contributed by atoms with Crippen molar-refractivity contribution in [1.82, 2.24) is 20.5 Å². The van der Waals surface area contributed by atoms with Crippen LogP contribution in [0.4, 0.5) is 5.82 Å². The van der Waals surface area contributed by atoms with Gasteiger partial charge >= 0.3 is 0 Å². The zero-order valence-corrected chi connectivity index (χ0v) is 15.4. The third-order valence-electron chi connectivity index (χ3n) is 5.89. The highest BCUT2D eigenvalue weighted by Crippen LogP contribution is 2.36. The van der Waals surface area contributed by atoms with Crippen LogP contribution in [-0.4, -0.2) is 39.1 Å². The minimum atomic E-state index is -0.675. The van der Waals surface area contributed by atoms with Crippen LogP contribution in [0, 0.1) is 5.92 Å². The molecule has 7 nitrogen and oxygen atoms in total. The fraction of sp³-hybridized carbons (Fsp3) is 0.632. The highest BCUT2D eigenvalue weighted by Gasteiger charge is 2.44. The number of nitrogens with zero attached hydrogens (tertiary/aromatic N) is 3. The van der Waals surface area contributed by atoms with E-state index in [0.29, 0.717) is 17.8 Å². The lowest BCUT2D eigenvalue weighted by atomic mass is 9.87. The van der Waals surface area contributed by atoms with Gasteiger partial charge in [0.25, 0.3) is 5.89 Å². The fourth-order valence-corrected chi connectivity index (χ4v) is 3.91. The highest BCUT2D eigenvalue weighted by molar-refractivity contribution is 5.68. The zero-order chi connectivity index (χ0) is 18.1. The number of hydrogen-bond acceptors (Lipinski definition) is 7. The van der Waals surface area contributed by atoms with E-state index in [4.69, 9.17) is 4.42 Å². The van der Waals surface area contributed by atoms with Gasteiger partial charge in [-0.1, -0.05) is 6.92 Å². The predicted octanol–water partition coefficient (Wildman–Crippen LogP) is 2.69. The number of aromatic nitrogens is 3. The third kappa shape index (κ3) is 3.21. The van der Waals surface area contributed by atoms with Crippen LogP contribution in [-0.2, 0) is 5.41 Å². The molecular formula is C19H27N5O2. The van der Waals surface area contributed by atoms with Gasteiger partial charge in [-0.2, -0.15) is 0 Å². The van der Waals surface area contributed by atoms with Crippen LogP contribution in [0.3, 0.4) is 0 Å². The Balaban J connectivity index is 1.57. The molecule has 2 fully saturated rings. The molecule has 0 bridgehead atoms. The van der Waals surface area contributed by atoms with Crippen molar-refractivity contribution in [3.63, 3.8) is 0 Å². The fourth-order valence-electron chi connectivity index (χ4n) is 3.91. The molecule has 1 unspecified atom stereocenters. The van der Waals surface area contributed by atoms with Crippen molar-refractivity contribution in [1.29, 1.82) is 0 Å². The lowest BCUT2D eigenvalue weighted by Crippen LogP contribution is -2.37. The molecule has 2 aromatic rings. The second kappa shape index (κ2) is 6.96. The van der Waals surface area contributed by atoms with Crippen LogP contribution in [0.5, 0.6) is 0 Å². The van der Waals surface area contributed by atoms with Gasteiger partial charge in [0.1, 0.15) is 12.0 Å². The number of rotatable bonds is 4. The minimum Gasteiger partial charge on any atom is -0.420 e. The van der Waals surface area contributed by atoms with E-state index in [1.165, 1.54) is 12.8 Å². The SMILES string of the molecule is CC1CCC(Nc2ncccc2-c2nnc([C@]3(C)CCNC3O)o2)CC1. The van der Waals surface area contributed by atoms with Gasteiger partial charge in [0.2, 0.25) is 5.89 Å². The standard InChI is InChI=1S/C19H27N5O2/c1-12-5-7-13(8-6-12)22-15-14(4-3-10-20-15)16-23-24-18(26-16)19(2)9-11-21-17(19)25/h3-4,10,12-13,17,21,25H,5-9,11H2,1-2H3,(H,20,22)/t12?,13?,17?,19-/m1/s1. The van der Waals surface area contributed by atoms with E-state index >= 15 is 0 Å². The first-order valence-electron chi connectivity index (χ1n) is 9.53. The van der Waals surface area contributed by atoms with Crippen molar-refractivity contribution in [2.75, 3.05) is 11.9 Å². The molecule has 2 atom stereocenters. The van der Waals surface area contributed by atoms with Gasteiger partial charge in [0.05, 0.1) is 11.0 Å². The van der Waals surface area contributed by atoms with E-state index in [9.17, 15) is 5.11 Å². The summed E-state index contributed by atoms with van der Waals surface area (Å²) in [6.07, 6.45) is 6.66. The second-order valence-corrected chi connectivity index (χ2v) is 7.94. The Bertz CT molecular complexity index is 756. The van der Waals surface area contributed by atoms with Crippen LogP contribution >= 0.6 is 0 Å². The minimum absolute atomic E-state index is 0.431. The topological polar surface area (TPSA) is 96.1 Å². The molecular weight excluding hydrogens is 330 g/mol.